The molecule has 0 spiro atoms. The summed E-state index contributed by atoms with van der Waals surface area (Å²) in [7, 11) is 0. The minimum atomic E-state index is -0.169. The molecule has 0 aliphatic heterocycles. The predicted octanol–water partition coefficient (Wildman–Crippen LogP) is 5.52. The van der Waals surface area contributed by atoms with E-state index in [-0.39, 0.29) is 17.8 Å². The van der Waals surface area contributed by atoms with E-state index in [4.69, 9.17) is 16.3 Å². The van der Waals surface area contributed by atoms with E-state index >= 15 is 0 Å². The Labute approximate surface area is 171 Å². The van der Waals surface area contributed by atoms with Gasteiger partial charge in [0.1, 0.15) is 5.75 Å². The van der Waals surface area contributed by atoms with Gasteiger partial charge in [0.05, 0.1) is 22.5 Å². The van der Waals surface area contributed by atoms with Crippen LogP contribution in [0.25, 0.3) is 0 Å². The lowest BCUT2D eigenvalue weighted by Crippen LogP contribution is -2.19. The Kier molecular flexibility index (Phi) is 8.48. The zero-order chi connectivity index (χ0) is 18.9. The molecule has 2 aromatic carbocycles. The van der Waals surface area contributed by atoms with E-state index in [2.05, 4.69) is 33.4 Å². The smallest absolute Gasteiger partial charge is 0.250 e. The van der Waals surface area contributed by atoms with Gasteiger partial charge in [-0.25, -0.2) is 5.43 Å². The molecule has 2 aromatic rings. The van der Waals surface area contributed by atoms with E-state index in [1.807, 2.05) is 37.3 Å². The number of hydrazone groups is 1. The van der Waals surface area contributed by atoms with E-state index < -0.39 is 0 Å². The molecule has 0 aliphatic carbocycles. The molecule has 0 unspecified atom stereocenters. The van der Waals surface area contributed by atoms with Crippen LogP contribution in [0.2, 0.25) is 5.02 Å². The molecule has 0 heterocycles. The zero-order valence-electron chi connectivity index (χ0n) is 14.5. The van der Waals surface area contributed by atoms with Crippen molar-refractivity contribution in [1.29, 1.82) is 0 Å². The fraction of sp³-hybridized carbons (Fsp3) is 0.263. The summed E-state index contributed by atoms with van der Waals surface area (Å²) in [5.74, 6) is 0.904. The van der Waals surface area contributed by atoms with Gasteiger partial charge in [-0.2, -0.15) is 5.10 Å². The molecule has 1 atom stereocenters. The maximum Gasteiger partial charge on any atom is 0.250 e. The standard InChI is InChI=1S/C19H20BrClN2O2S/c1-3-13(2)25-18-9-4-14(10-17(18)20)11-22-23-19(24)12-26-16-7-5-15(21)6-8-16/h4-11,13H,3,12H2,1-2H3,(H,23,24)/b22-11-/t13-/m1/s1. The van der Waals surface area contributed by atoms with Crippen molar-refractivity contribution in [2.45, 2.75) is 31.3 Å². The Morgan fingerprint density at radius 2 is 2.08 bits per heavy atom. The lowest BCUT2D eigenvalue weighted by Gasteiger charge is -2.14. The van der Waals surface area contributed by atoms with Gasteiger partial charge in [0.2, 0.25) is 5.91 Å². The molecule has 0 radical (unpaired) electrons. The number of rotatable bonds is 8. The number of benzene rings is 2. The maximum atomic E-state index is 11.8. The Balaban J connectivity index is 1.82. The lowest BCUT2D eigenvalue weighted by atomic mass is 10.2. The first kappa shape index (κ1) is 20.8. The highest BCUT2D eigenvalue weighted by Crippen LogP contribution is 2.27. The van der Waals surface area contributed by atoms with Gasteiger partial charge in [-0.15, -0.1) is 11.8 Å². The third kappa shape index (κ3) is 7.02. The number of halogens is 2. The highest BCUT2D eigenvalue weighted by molar-refractivity contribution is 9.10. The molecule has 0 aliphatic rings. The van der Waals surface area contributed by atoms with Crippen LogP contribution in [0.3, 0.4) is 0 Å². The monoisotopic (exact) mass is 454 g/mol. The first-order valence-corrected chi connectivity index (χ1v) is 10.3. The molecule has 26 heavy (non-hydrogen) atoms. The molecule has 0 bridgehead atoms. The molecule has 0 fully saturated rings. The quantitative estimate of drug-likeness (QED) is 0.324. The topological polar surface area (TPSA) is 50.7 Å². The van der Waals surface area contributed by atoms with Crippen molar-refractivity contribution >= 4 is 51.4 Å². The van der Waals surface area contributed by atoms with Crippen LogP contribution in [-0.4, -0.2) is 24.0 Å². The summed E-state index contributed by atoms with van der Waals surface area (Å²) >= 11 is 10.8. The van der Waals surface area contributed by atoms with Crippen LogP contribution in [0.1, 0.15) is 25.8 Å². The van der Waals surface area contributed by atoms with E-state index in [0.717, 1.165) is 27.1 Å². The largest absolute Gasteiger partial charge is 0.490 e. The van der Waals surface area contributed by atoms with E-state index in [0.29, 0.717) is 5.02 Å². The number of nitrogens with zero attached hydrogens (tertiary/aromatic N) is 1. The second-order valence-corrected chi connectivity index (χ2v) is 7.90. The van der Waals surface area contributed by atoms with Gasteiger partial charge in [0.15, 0.2) is 0 Å². The second kappa shape index (κ2) is 10.6. The van der Waals surface area contributed by atoms with Crippen LogP contribution >= 0.6 is 39.3 Å². The van der Waals surface area contributed by atoms with Gasteiger partial charge in [0, 0.05) is 9.92 Å². The van der Waals surface area contributed by atoms with Crippen molar-refractivity contribution in [2.75, 3.05) is 5.75 Å². The fourth-order valence-corrected chi connectivity index (χ4v) is 3.19. The van der Waals surface area contributed by atoms with Crippen LogP contribution < -0.4 is 10.2 Å². The molecular formula is C19H20BrClN2O2S. The number of carbonyl (C=O) groups excluding carboxylic acids is 1. The Morgan fingerprint density at radius 1 is 1.35 bits per heavy atom. The summed E-state index contributed by atoms with van der Waals surface area (Å²) in [4.78, 5) is 12.8. The summed E-state index contributed by atoms with van der Waals surface area (Å²) in [6.07, 6.45) is 2.70. The van der Waals surface area contributed by atoms with Crippen LogP contribution in [0.4, 0.5) is 0 Å². The Hall–Kier alpha value is -1.50. The minimum Gasteiger partial charge on any atom is -0.490 e. The average Bonchev–Trinajstić information content (AvgIpc) is 2.63. The molecule has 0 saturated heterocycles. The number of thioether (sulfide) groups is 1. The van der Waals surface area contributed by atoms with Gasteiger partial charge in [0.25, 0.3) is 0 Å². The number of ether oxygens (including phenoxy) is 1. The number of carbonyl (C=O) groups is 1. The summed E-state index contributed by atoms with van der Waals surface area (Å²) in [5.41, 5.74) is 3.39. The molecular weight excluding hydrogens is 436 g/mol. The molecule has 138 valence electrons. The van der Waals surface area contributed by atoms with E-state index in [1.54, 1.807) is 18.3 Å². The fourth-order valence-electron chi connectivity index (χ4n) is 1.88. The number of hydrogen-bond donors (Lipinski definition) is 1. The first-order valence-electron chi connectivity index (χ1n) is 8.14. The normalized spacial score (nSPS) is 12.2. The third-order valence-corrected chi connectivity index (χ3v) is 5.33. The highest BCUT2D eigenvalue weighted by atomic mass is 79.9. The third-order valence-electron chi connectivity index (χ3n) is 3.45. The van der Waals surface area contributed by atoms with E-state index in [9.17, 15) is 4.79 Å². The first-order chi connectivity index (χ1) is 12.5. The predicted molar refractivity (Wildman–Crippen MR) is 112 cm³/mol. The second-order valence-electron chi connectivity index (χ2n) is 5.56. The SMILES string of the molecule is CC[C@@H](C)Oc1ccc(/C=N\NC(=O)CSc2ccc(Cl)cc2)cc1Br. The molecule has 4 nitrogen and oxygen atoms in total. The van der Waals surface area contributed by atoms with Crippen molar-refractivity contribution in [3.05, 3.63) is 57.5 Å². The van der Waals surface area contributed by atoms with Gasteiger partial charge in [-0.1, -0.05) is 18.5 Å². The van der Waals surface area contributed by atoms with Crippen LogP contribution in [0.15, 0.2) is 56.9 Å². The Morgan fingerprint density at radius 3 is 2.73 bits per heavy atom. The molecule has 7 heteroatoms. The molecule has 0 aromatic heterocycles. The molecule has 2 rings (SSSR count). The zero-order valence-corrected chi connectivity index (χ0v) is 17.7. The van der Waals surface area contributed by atoms with Crippen LogP contribution in [0, 0.1) is 0 Å². The van der Waals surface area contributed by atoms with Gasteiger partial charge < -0.3 is 4.74 Å². The highest BCUT2D eigenvalue weighted by Gasteiger charge is 2.06. The van der Waals surface area contributed by atoms with Gasteiger partial charge in [-0.3, -0.25) is 4.79 Å². The summed E-state index contributed by atoms with van der Waals surface area (Å²) in [6, 6.07) is 13.0. The summed E-state index contributed by atoms with van der Waals surface area (Å²) in [6.45, 7) is 4.10. The van der Waals surface area contributed by atoms with Gasteiger partial charge >= 0.3 is 0 Å². The summed E-state index contributed by atoms with van der Waals surface area (Å²) in [5, 5.41) is 4.67. The van der Waals surface area contributed by atoms with Crippen molar-refractivity contribution in [2.24, 2.45) is 5.10 Å². The van der Waals surface area contributed by atoms with Crippen molar-refractivity contribution in [1.82, 2.24) is 5.43 Å². The maximum absolute atomic E-state index is 11.8. The number of hydrogen-bond acceptors (Lipinski definition) is 4. The summed E-state index contributed by atoms with van der Waals surface area (Å²) < 4.78 is 6.65. The number of amides is 1. The molecule has 1 N–H and O–H groups in total. The van der Waals surface area contributed by atoms with Crippen LogP contribution in [0.5, 0.6) is 5.75 Å². The van der Waals surface area contributed by atoms with Crippen molar-refractivity contribution in [3.63, 3.8) is 0 Å². The molecule has 0 saturated carbocycles. The lowest BCUT2D eigenvalue weighted by molar-refractivity contribution is -0.118. The van der Waals surface area contributed by atoms with Crippen molar-refractivity contribution in [3.8, 4) is 5.75 Å². The van der Waals surface area contributed by atoms with Crippen LogP contribution in [-0.2, 0) is 4.79 Å². The van der Waals surface area contributed by atoms with Gasteiger partial charge in [-0.05, 0) is 77.3 Å². The number of nitrogens with one attached hydrogen (secondary N) is 1. The van der Waals surface area contributed by atoms with E-state index in [1.165, 1.54) is 11.8 Å². The Bertz CT molecular complexity index is 769. The minimum absolute atomic E-state index is 0.156. The van der Waals surface area contributed by atoms with Crippen molar-refractivity contribution < 1.29 is 9.53 Å². The molecule has 1 amide bonds. The average molecular weight is 456 g/mol.